The molecule has 0 amide bonds. The van der Waals surface area contributed by atoms with E-state index in [2.05, 4.69) is 13.8 Å². The monoisotopic (exact) mass is 446 g/mol. The van der Waals surface area contributed by atoms with Crippen molar-refractivity contribution in [2.45, 2.75) is 155 Å². The van der Waals surface area contributed by atoms with Crippen LogP contribution >= 0.6 is 0 Å². The molecule has 0 atom stereocenters. The van der Waals surface area contributed by atoms with Crippen molar-refractivity contribution in [1.29, 1.82) is 0 Å². The number of unbranched alkanes of at least 4 members (excludes halogenated alkanes) is 5. The van der Waals surface area contributed by atoms with E-state index in [4.69, 9.17) is 4.74 Å². The zero-order chi connectivity index (χ0) is 22.7. The fraction of sp³-hybridized carbons (Fsp3) is 0.967. The van der Waals surface area contributed by atoms with Crippen molar-refractivity contribution in [3.63, 3.8) is 0 Å². The summed E-state index contributed by atoms with van der Waals surface area (Å²) >= 11 is 0. The number of esters is 1. The van der Waals surface area contributed by atoms with Gasteiger partial charge in [0, 0.05) is 0 Å². The van der Waals surface area contributed by atoms with E-state index >= 15 is 0 Å². The molecule has 2 nitrogen and oxygen atoms in total. The first-order valence-electron chi connectivity index (χ1n) is 14.8. The Morgan fingerprint density at radius 1 is 0.688 bits per heavy atom. The van der Waals surface area contributed by atoms with Gasteiger partial charge in [-0.25, -0.2) is 0 Å². The lowest BCUT2D eigenvalue weighted by atomic mass is 9.49. The van der Waals surface area contributed by atoms with Gasteiger partial charge in [-0.15, -0.1) is 0 Å². The standard InChI is InChI=1S/C30H54O2/c1-3-5-7-15-25-32-28(31)30(21-13-9-14-22-30)29(20-12-6-4-2)23-18-27(19-24-29)26-16-10-8-11-17-26/h26-27H,3-25H2,1-2H3/t27-,29+. The van der Waals surface area contributed by atoms with Crippen molar-refractivity contribution in [3.8, 4) is 0 Å². The highest BCUT2D eigenvalue weighted by molar-refractivity contribution is 5.78. The fourth-order valence-electron chi connectivity index (χ4n) is 7.89. The Morgan fingerprint density at radius 2 is 1.28 bits per heavy atom. The first-order valence-corrected chi connectivity index (χ1v) is 14.8. The summed E-state index contributed by atoms with van der Waals surface area (Å²) in [5.74, 6) is 2.12. The summed E-state index contributed by atoms with van der Waals surface area (Å²) in [6.07, 6.45) is 28.5. The number of ether oxygens (including phenoxy) is 1. The van der Waals surface area contributed by atoms with Crippen LogP contribution in [0.15, 0.2) is 0 Å². The van der Waals surface area contributed by atoms with Gasteiger partial charge in [-0.05, 0) is 68.6 Å². The molecule has 3 fully saturated rings. The second-order valence-corrected chi connectivity index (χ2v) is 11.8. The summed E-state index contributed by atoms with van der Waals surface area (Å²) in [6.45, 7) is 5.21. The molecule has 0 spiro atoms. The van der Waals surface area contributed by atoms with Gasteiger partial charge in [-0.2, -0.15) is 0 Å². The molecule has 3 rings (SSSR count). The quantitative estimate of drug-likeness (QED) is 0.220. The van der Waals surface area contributed by atoms with Gasteiger partial charge < -0.3 is 4.74 Å². The zero-order valence-corrected chi connectivity index (χ0v) is 21.7. The van der Waals surface area contributed by atoms with Crippen LogP contribution in [-0.2, 0) is 9.53 Å². The number of hydrogen-bond acceptors (Lipinski definition) is 2. The molecular formula is C30H54O2. The van der Waals surface area contributed by atoms with Crippen LogP contribution in [0.1, 0.15) is 155 Å². The molecule has 0 heterocycles. The molecule has 2 heteroatoms. The number of carbonyl (C=O) groups is 1. The van der Waals surface area contributed by atoms with Crippen molar-refractivity contribution < 1.29 is 9.53 Å². The van der Waals surface area contributed by atoms with Crippen LogP contribution in [0.5, 0.6) is 0 Å². The van der Waals surface area contributed by atoms with E-state index in [9.17, 15) is 4.79 Å². The molecule has 0 aromatic rings. The van der Waals surface area contributed by atoms with Crippen molar-refractivity contribution in [2.75, 3.05) is 6.61 Å². The van der Waals surface area contributed by atoms with E-state index in [0.717, 1.165) is 31.1 Å². The Labute approximate surface area is 200 Å². The SMILES string of the molecule is CCCCCCOC(=O)C1([C@]2(CCCCC)CC[C@H](C3CCCCC3)CC2)CCCCC1. The van der Waals surface area contributed by atoms with Crippen LogP contribution in [0.4, 0.5) is 0 Å². The van der Waals surface area contributed by atoms with Crippen LogP contribution in [0.2, 0.25) is 0 Å². The van der Waals surface area contributed by atoms with Crippen molar-refractivity contribution in [2.24, 2.45) is 22.7 Å². The minimum Gasteiger partial charge on any atom is -0.465 e. The lowest BCUT2D eigenvalue weighted by molar-refractivity contribution is -0.175. The molecule has 0 aromatic carbocycles. The molecule has 0 bridgehead atoms. The largest absolute Gasteiger partial charge is 0.465 e. The van der Waals surface area contributed by atoms with E-state index in [1.807, 2.05) is 0 Å². The molecule has 186 valence electrons. The Morgan fingerprint density at radius 3 is 1.94 bits per heavy atom. The topological polar surface area (TPSA) is 26.3 Å². The highest BCUT2D eigenvalue weighted by atomic mass is 16.5. The molecule has 0 unspecified atom stereocenters. The van der Waals surface area contributed by atoms with Gasteiger partial charge in [0.1, 0.15) is 0 Å². The van der Waals surface area contributed by atoms with Crippen LogP contribution in [0, 0.1) is 22.7 Å². The van der Waals surface area contributed by atoms with E-state index in [1.54, 1.807) is 0 Å². The summed E-state index contributed by atoms with van der Waals surface area (Å²) in [6, 6.07) is 0. The molecule has 0 saturated heterocycles. The van der Waals surface area contributed by atoms with Gasteiger partial charge in [0.25, 0.3) is 0 Å². The second-order valence-electron chi connectivity index (χ2n) is 11.8. The van der Waals surface area contributed by atoms with Gasteiger partial charge in [0.05, 0.1) is 12.0 Å². The van der Waals surface area contributed by atoms with Gasteiger partial charge in [-0.3, -0.25) is 4.79 Å². The molecule has 3 saturated carbocycles. The van der Waals surface area contributed by atoms with Crippen LogP contribution in [0.3, 0.4) is 0 Å². The first-order chi connectivity index (χ1) is 15.7. The second kappa shape index (κ2) is 13.4. The first kappa shape index (κ1) is 26.1. The molecule has 0 N–H and O–H groups in total. The zero-order valence-electron chi connectivity index (χ0n) is 21.7. The average Bonchev–Trinajstić information content (AvgIpc) is 2.85. The summed E-state index contributed by atoms with van der Waals surface area (Å²) in [4.78, 5) is 13.9. The van der Waals surface area contributed by atoms with E-state index in [0.29, 0.717) is 6.61 Å². The molecule has 0 aliphatic heterocycles. The normalized spacial score (nSPS) is 29.0. The summed E-state index contributed by atoms with van der Waals surface area (Å²) < 4.78 is 6.12. The van der Waals surface area contributed by atoms with Crippen molar-refractivity contribution >= 4 is 5.97 Å². The van der Waals surface area contributed by atoms with Crippen LogP contribution in [-0.4, -0.2) is 12.6 Å². The Bertz CT molecular complexity index is 519. The van der Waals surface area contributed by atoms with E-state index in [-0.39, 0.29) is 16.8 Å². The Balaban J connectivity index is 1.72. The third-order valence-corrected chi connectivity index (χ3v) is 9.91. The minimum atomic E-state index is -0.179. The Kier molecular flexibility index (Phi) is 10.9. The van der Waals surface area contributed by atoms with Crippen LogP contribution < -0.4 is 0 Å². The van der Waals surface area contributed by atoms with Gasteiger partial charge in [0.15, 0.2) is 0 Å². The van der Waals surface area contributed by atoms with Gasteiger partial charge >= 0.3 is 5.97 Å². The van der Waals surface area contributed by atoms with Crippen molar-refractivity contribution in [1.82, 2.24) is 0 Å². The number of carbonyl (C=O) groups excluding carboxylic acids is 1. The lowest BCUT2D eigenvalue weighted by Crippen LogP contribution is -2.52. The predicted octanol–water partition coefficient (Wildman–Crippen LogP) is 9.40. The molecule has 3 aliphatic rings. The molecule has 0 aromatic heterocycles. The van der Waals surface area contributed by atoms with Crippen LogP contribution in [0.25, 0.3) is 0 Å². The molecular weight excluding hydrogens is 392 g/mol. The Hall–Kier alpha value is -0.530. The van der Waals surface area contributed by atoms with Gasteiger partial charge in [0.2, 0.25) is 0 Å². The van der Waals surface area contributed by atoms with E-state index in [1.165, 1.54) is 122 Å². The maximum Gasteiger partial charge on any atom is 0.312 e. The number of hydrogen-bond donors (Lipinski definition) is 0. The average molecular weight is 447 g/mol. The smallest absolute Gasteiger partial charge is 0.312 e. The summed E-state index contributed by atoms with van der Waals surface area (Å²) in [5.41, 5.74) is 0.0372. The maximum atomic E-state index is 13.9. The third-order valence-electron chi connectivity index (χ3n) is 9.91. The summed E-state index contributed by atoms with van der Waals surface area (Å²) in [7, 11) is 0. The van der Waals surface area contributed by atoms with E-state index < -0.39 is 0 Å². The third kappa shape index (κ3) is 6.32. The molecule has 32 heavy (non-hydrogen) atoms. The maximum absolute atomic E-state index is 13.9. The predicted molar refractivity (Wildman–Crippen MR) is 136 cm³/mol. The fourth-order valence-corrected chi connectivity index (χ4v) is 7.89. The molecule has 3 aliphatic carbocycles. The van der Waals surface area contributed by atoms with Gasteiger partial charge in [-0.1, -0.05) is 104 Å². The highest BCUT2D eigenvalue weighted by Crippen LogP contribution is 2.61. The van der Waals surface area contributed by atoms with Crippen molar-refractivity contribution in [3.05, 3.63) is 0 Å². The number of rotatable bonds is 12. The summed E-state index contributed by atoms with van der Waals surface area (Å²) in [5, 5.41) is 0. The minimum absolute atomic E-state index is 0.179. The lowest BCUT2D eigenvalue weighted by Gasteiger charge is -2.55. The molecule has 0 radical (unpaired) electrons. The highest BCUT2D eigenvalue weighted by Gasteiger charge is 2.57.